The summed E-state index contributed by atoms with van der Waals surface area (Å²) in [5, 5.41) is 22.1. The molecule has 2 N–H and O–H groups in total. The number of aliphatic hydroxyl groups is 1. The minimum Gasteiger partial charge on any atom is -0.394 e. The highest BCUT2D eigenvalue weighted by Gasteiger charge is 2.17. The predicted octanol–water partition coefficient (Wildman–Crippen LogP) is 2.88. The van der Waals surface area contributed by atoms with Crippen molar-refractivity contribution in [2.75, 3.05) is 6.61 Å². The minimum absolute atomic E-state index is 0.0476. The molecule has 0 aromatic heterocycles. The predicted molar refractivity (Wildman–Crippen MR) is 78.9 cm³/mol. The molecule has 0 amide bonds. The molecule has 0 saturated heterocycles. The molecule has 3 nitrogen and oxygen atoms in total. The van der Waals surface area contributed by atoms with Crippen molar-refractivity contribution in [1.29, 1.82) is 5.26 Å². The van der Waals surface area contributed by atoms with Gasteiger partial charge < -0.3 is 5.11 Å². The van der Waals surface area contributed by atoms with E-state index in [9.17, 15) is 10.4 Å². The van der Waals surface area contributed by atoms with E-state index in [4.69, 9.17) is 0 Å². The summed E-state index contributed by atoms with van der Waals surface area (Å²) in [7, 11) is 0. The van der Waals surface area contributed by atoms with Crippen LogP contribution in [0.5, 0.6) is 0 Å². The quantitative estimate of drug-likeness (QED) is 0.875. The van der Waals surface area contributed by atoms with E-state index in [1.807, 2.05) is 61.5 Å². The fraction of sp³-hybridized carbons (Fsp3) is 0.235. The Morgan fingerprint density at radius 3 is 2.25 bits per heavy atom. The molecule has 0 aliphatic heterocycles. The maximum absolute atomic E-state index is 9.54. The summed E-state index contributed by atoms with van der Waals surface area (Å²) in [6, 6.07) is 19.1. The average molecular weight is 266 g/mol. The first-order chi connectivity index (χ1) is 9.74. The molecular weight excluding hydrogens is 248 g/mol. The second-order valence-electron chi connectivity index (χ2n) is 4.79. The van der Waals surface area contributed by atoms with Gasteiger partial charge in [0.15, 0.2) is 0 Å². The lowest BCUT2D eigenvalue weighted by atomic mass is 10.0. The number of aliphatic hydroxyl groups excluding tert-OH is 1. The van der Waals surface area contributed by atoms with Crippen LogP contribution in [0.4, 0.5) is 0 Å². The Morgan fingerprint density at radius 2 is 1.70 bits per heavy atom. The molecule has 3 heteroatoms. The lowest BCUT2D eigenvalue weighted by molar-refractivity contribution is 0.239. The second-order valence-corrected chi connectivity index (χ2v) is 4.79. The van der Waals surface area contributed by atoms with Gasteiger partial charge in [0, 0.05) is 0 Å². The van der Waals surface area contributed by atoms with Crippen molar-refractivity contribution in [1.82, 2.24) is 5.32 Å². The van der Waals surface area contributed by atoms with Gasteiger partial charge >= 0.3 is 0 Å². The zero-order valence-corrected chi connectivity index (χ0v) is 11.5. The van der Waals surface area contributed by atoms with Gasteiger partial charge in [0.25, 0.3) is 0 Å². The first-order valence-electron chi connectivity index (χ1n) is 6.62. The molecule has 20 heavy (non-hydrogen) atoms. The van der Waals surface area contributed by atoms with Crippen LogP contribution >= 0.6 is 0 Å². The van der Waals surface area contributed by atoms with Crippen molar-refractivity contribution in [3.05, 3.63) is 71.3 Å². The van der Waals surface area contributed by atoms with E-state index in [1.165, 1.54) is 0 Å². The number of hydrogen-bond donors (Lipinski definition) is 2. The summed E-state index contributed by atoms with van der Waals surface area (Å²) in [5.41, 5.74) is 3.04. The molecule has 0 fully saturated rings. The van der Waals surface area contributed by atoms with Crippen molar-refractivity contribution in [3.8, 4) is 6.07 Å². The summed E-state index contributed by atoms with van der Waals surface area (Å²) in [6.07, 6.45) is 0. The summed E-state index contributed by atoms with van der Waals surface area (Å²) in [6.45, 7) is 1.97. The molecule has 2 aromatic carbocycles. The number of hydrogen-bond acceptors (Lipinski definition) is 3. The number of nitrogens with one attached hydrogen (secondary N) is 1. The Balaban J connectivity index is 2.17. The minimum atomic E-state index is -0.437. The van der Waals surface area contributed by atoms with Crippen LogP contribution in [-0.4, -0.2) is 11.7 Å². The molecule has 2 atom stereocenters. The van der Waals surface area contributed by atoms with Crippen molar-refractivity contribution in [2.45, 2.75) is 19.0 Å². The van der Waals surface area contributed by atoms with E-state index in [-0.39, 0.29) is 12.6 Å². The zero-order valence-electron chi connectivity index (χ0n) is 11.5. The second kappa shape index (κ2) is 6.85. The molecule has 0 radical (unpaired) electrons. The maximum atomic E-state index is 9.54. The molecule has 2 rings (SSSR count). The van der Waals surface area contributed by atoms with Crippen LogP contribution in [0.2, 0.25) is 0 Å². The van der Waals surface area contributed by atoms with Crippen LogP contribution in [0.3, 0.4) is 0 Å². The summed E-state index contributed by atoms with van der Waals surface area (Å²) < 4.78 is 0. The van der Waals surface area contributed by atoms with E-state index in [2.05, 4.69) is 11.4 Å². The molecule has 0 heterocycles. The molecule has 0 spiro atoms. The third-order valence-corrected chi connectivity index (χ3v) is 3.29. The maximum Gasteiger partial charge on any atom is 0.121 e. The fourth-order valence-electron chi connectivity index (χ4n) is 2.11. The molecular formula is C17H18N2O. The van der Waals surface area contributed by atoms with Gasteiger partial charge in [0.1, 0.15) is 6.04 Å². The monoisotopic (exact) mass is 266 g/mol. The van der Waals surface area contributed by atoms with Crippen molar-refractivity contribution >= 4 is 0 Å². The van der Waals surface area contributed by atoms with E-state index in [0.717, 1.165) is 16.7 Å². The van der Waals surface area contributed by atoms with E-state index >= 15 is 0 Å². The lowest BCUT2D eigenvalue weighted by Crippen LogP contribution is -2.28. The average Bonchev–Trinajstić information content (AvgIpc) is 2.51. The van der Waals surface area contributed by atoms with Gasteiger partial charge in [-0.05, 0) is 18.1 Å². The van der Waals surface area contributed by atoms with E-state index in [0.29, 0.717) is 0 Å². The highest BCUT2D eigenvalue weighted by Crippen LogP contribution is 2.19. The normalized spacial score (nSPS) is 13.4. The largest absolute Gasteiger partial charge is 0.394 e. The third-order valence-electron chi connectivity index (χ3n) is 3.29. The van der Waals surface area contributed by atoms with Crippen molar-refractivity contribution in [2.24, 2.45) is 0 Å². The van der Waals surface area contributed by atoms with Crippen molar-refractivity contribution < 1.29 is 5.11 Å². The van der Waals surface area contributed by atoms with E-state index in [1.54, 1.807) is 0 Å². The van der Waals surface area contributed by atoms with Crippen LogP contribution in [-0.2, 0) is 0 Å². The molecule has 2 aromatic rings. The first-order valence-corrected chi connectivity index (χ1v) is 6.62. The SMILES string of the molecule is Cc1ccc([C@H](C#N)N[C@@H](CO)c2ccccc2)cc1. The van der Waals surface area contributed by atoms with Gasteiger partial charge in [-0.1, -0.05) is 60.2 Å². The highest BCUT2D eigenvalue weighted by atomic mass is 16.3. The molecule has 102 valence electrons. The van der Waals surface area contributed by atoms with E-state index < -0.39 is 6.04 Å². The number of rotatable bonds is 5. The van der Waals surface area contributed by atoms with Crippen LogP contribution in [0.1, 0.15) is 28.8 Å². The lowest BCUT2D eigenvalue weighted by Gasteiger charge is -2.20. The number of aryl methyl sites for hydroxylation is 1. The third kappa shape index (κ3) is 3.45. The number of nitrogens with zero attached hydrogens (tertiary/aromatic N) is 1. The molecule has 0 unspecified atom stereocenters. The van der Waals surface area contributed by atoms with Gasteiger partial charge in [0.2, 0.25) is 0 Å². The van der Waals surface area contributed by atoms with Gasteiger partial charge in [-0.2, -0.15) is 5.26 Å². The summed E-state index contributed by atoms with van der Waals surface area (Å²) in [4.78, 5) is 0. The van der Waals surface area contributed by atoms with Crippen LogP contribution in [0.15, 0.2) is 54.6 Å². The van der Waals surface area contributed by atoms with Crippen LogP contribution in [0.25, 0.3) is 0 Å². The fourth-order valence-corrected chi connectivity index (χ4v) is 2.11. The molecule has 0 bridgehead atoms. The van der Waals surface area contributed by atoms with Crippen LogP contribution in [0, 0.1) is 18.3 Å². The van der Waals surface area contributed by atoms with Gasteiger partial charge in [-0.3, -0.25) is 5.32 Å². The molecule has 0 aliphatic rings. The van der Waals surface area contributed by atoms with Gasteiger partial charge in [-0.15, -0.1) is 0 Å². The summed E-state index contributed by atoms with van der Waals surface area (Å²) in [5.74, 6) is 0. The topological polar surface area (TPSA) is 56.0 Å². The van der Waals surface area contributed by atoms with Crippen LogP contribution < -0.4 is 5.32 Å². The number of nitriles is 1. The Kier molecular flexibility index (Phi) is 4.89. The van der Waals surface area contributed by atoms with Gasteiger partial charge in [0.05, 0.1) is 18.7 Å². The van der Waals surface area contributed by atoms with Gasteiger partial charge in [-0.25, -0.2) is 0 Å². The Hall–Kier alpha value is -2.15. The van der Waals surface area contributed by atoms with Crippen molar-refractivity contribution in [3.63, 3.8) is 0 Å². The zero-order chi connectivity index (χ0) is 14.4. The molecule has 0 saturated carbocycles. The Morgan fingerprint density at radius 1 is 1.05 bits per heavy atom. The Labute approximate surface area is 119 Å². The highest BCUT2D eigenvalue weighted by molar-refractivity contribution is 5.29. The first kappa shape index (κ1) is 14.3. The molecule has 0 aliphatic carbocycles. The smallest absolute Gasteiger partial charge is 0.121 e. The Bertz CT molecular complexity index is 572. The number of benzene rings is 2. The standard InChI is InChI=1S/C17H18N2O/c1-13-7-9-15(10-8-13)16(11-18)19-17(12-20)14-5-3-2-4-6-14/h2-10,16-17,19-20H,12H2,1H3/t16-,17-/m0/s1. The summed E-state index contributed by atoms with van der Waals surface area (Å²) >= 11 is 0.